The first-order valence-electron chi connectivity index (χ1n) is 5.81. The minimum absolute atomic E-state index is 0.0382. The molecule has 2 aromatic rings. The zero-order valence-electron chi connectivity index (χ0n) is 10.5. The monoisotopic (exact) mass is 277 g/mol. The van der Waals surface area contributed by atoms with Crippen molar-refractivity contribution in [2.24, 2.45) is 5.84 Å². The van der Waals surface area contributed by atoms with Crippen molar-refractivity contribution in [3.8, 4) is 0 Å². The van der Waals surface area contributed by atoms with Crippen LogP contribution in [-0.2, 0) is 6.42 Å². The van der Waals surface area contributed by atoms with Gasteiger partial charge in [-0.25, -0.2) is 5.84 Å². The van der Waals surface area contributed by atoms with Crippen molar-refractivity contribution in [1.82, 2.24) is 15.5 Å². The van der Waals surface area contributed by atoms with Gasteiger partial charge in [0.1, 0.15) is 0 Å². The number of carbonyl (C=O) groups is 1. The maximum absolute atomic E-state index is 11.9. The van der Waals surface area contributed by atoms with Crippen LogP contribution in [0.25, 0.3) is 0 Å². The van der Waals surface area contributed by atoms with Crippen molar-refractivity contribution in [3.63, 3.8) is 0 Å². The van der Waals surface area contributed by atoms with E-state index in [-0.39, 0.29) is 17.6 Å². The SMILES string of the molecule is CC(Cc1ccsc1)NC(=O)c1ccc(NN)nn1. The summed E-state index contributed by atoms with van der Waals surface area (Å²) in [6, 6.07) is 5.27. The van der Waals surface area contributed by atoms with Crippen molar-refractivity contribution in [2.75, 3.05) is 5.43 Å². The Bertz CT molecular complexity index is 526. The van der Waals surface area contributed by atoms with Gasteiger partial charge in [-0.2, -0.15) is 11.3 Å². The van der Waals surface area contributed by atoms with Crippen LogP contribution in [0.15, 0.2) is 29.0 Å². The molecule has 0 aliphatic heterocycles. The predicted octanol–water partition coefficient (Wildman–Crippen LogP) is 1.18. The predicted molar refractivity (Wildman–Crippen MR) is 74.8 cm³/mol. The lowest BCUT2D eigenvalue weighted by Gasteiger charge is -2.12. The molecule has 19 heavy (non-hydrogen) atoms. The van der Waals surface area contributed by atoms with Crippen molar-refractivity contribution in [3.05, 3.63) is 40.2 Å². The van der Waals surface area contributed by atoms with Gasteiger partial charge in [-0.05, 0) is 47.9 Å². The van der Waals surface area contributed by atoms with Crippen LogP contribution in [-0.4, -0.2) is 22.1 Å². The lowest BCUT2D eigenvalue weighted by atomic mass is 10.1. The number of nitrogens with two attached hydrogens (primary N) is 1. The van der Waals surface area contributed by atoms with Gasteiger partial charge < -0.3 is 10.7 Å². The molecule has 0 aromatic carbocycles. The van der Waals surface area contributed by atoms with Crippen LogP contribution in [0, 0.1) is 0 Å². The van der Waals surface area contributed by atoms with Gasteiger partial charge in [0, 0.05) is 6.04 Å². The Morgan fingerprint density at radius 3 is 2.84 bits per heavy atom. The number of rotatable bonds is 5. The smallest absolute Gasteiger partial charge is 0.272 e. The van der Waals surface area contributed by atoms with Crippen LogP contribution in [0.3, 0.4) is 0 Å². The highest BCUT2D eigenvalue weighted by atomic mass is 32.1. The van der Waals surface area contributed by atoms with Crippen molar-refractivity contribution in [2.45, 2.75) is 19.4 Å². The van der Waals surface area contributed by atoms with E-state index in [1.54, 1.807) is 23.5 Å². The van der Waals surface area contributed by atoms with Crippen LogP contribution in [0.4, 0.5) is 5.82 Å². The summed E-state index contributed by atoms with van der Waals surface area (Å²) in [5.74, 6) is 5.36. The Hall–Kier alpha value is -1.99. The second kappa shape index (κ2) is 6.26. The van der Waals surface area contributed by atoms with E-state index >= 15 is 0 Å². The molecule has 7 heteroatoms. The fourth-order valence-corrected chi connectivity index (χ4v) is 2.32. The lowest BCUT2D eigenvalue weighted by Crippen LogP contribution is -2.34. The average molecular weight is 277 g/mol. The van der Waals surface area contributed by atoms with Gasteiger partial charge in [-0.15, -0.1) is 10.2 Å². The zero-order valence-corrected chi connectivity index (χ0v) is 11.3. The summed E-state index contributed by atoms with van der Waals surface area (Å²) >= 11 is 1.65. The quantitative estimate of drug-likeness (QED) is 0.564. The number of hydrogen-bond acceptors (Lipinski definition) is 6. The summed E-state index contributed by atoms with van der Waals surface area (Å²) in [5.41, 5.74) is 3.85. The number of nitrogen functional groups attached to an aromatic ring is 1. The van der Waals surface area contributed by atoms with Gasteiger partial charge >= 0.3 is 0 Å². The van der Waals surface area contributed by atoms with Crippen molar-refractivity contribution < 1.29 is 4.79 Å². The topological polar surface area (TPSA) is 92.9 Å². The molecular weight excluding hydrogens is 262 g/mol. The number of amides is 1. The molecule has 4 N–H and O–H groups in total. The summed E-state index contributed by atoms with van der Waals surface area (Å²) in [4.78, 5) is 11.9. The minimum Gasteiger partial charge on any atom is -0.348 e. The highest BCUT2D eigenvalue weighted by Crippen LogP contribution is 2.09. The van der Waals surface area contributed by atoms with Gasteiger partial charge in [0.05, 0.1) is 0 Å². The maximum atomic E-state index is 11.9. The van der Waals surface area contributed by atoms with Crippen LogP contribution >= 0.6 is 11.3 Å². The van der Waals surface area contributed by atoms with Gasteiger partial charge in [0.25, 0.3) is 5.91 Å². The fraction of sp³-hybridized carbons (Fsp3) is 0.250. The number of anilines is 1. The number of carbonyl (C=O) groups excluding carboxylic acids is 1. The Morgan fingerprint density at radius 1 is 1.42 bits per heavy atom. The van der Waals surface area contributed by atoms with Crippen LogP contribution in [0.1, 0.15) is 23.0 Å². The first kappa shape index (κ1) is 13.4. The number of nitrogens with one attached hydrogen (secondary N) is 2. The molecule has 1 atom stereocenters. The van der Waals surface area contributed by atoms with E-state index in [1.807, 2.05) is 12.3 Å². The molecule has 0 aliphatic rings. The normalized spacial score (nSPS) is 11.9. The second-order valence-corrected chi connectivity index (χ2v) is 4.94. The molecule has 0 aliphatic carbocycles. The molecule has 6 nitrogen and oxygen atoms in total. The molecule has 0 bridgehead atoms. The molecule has 2 heterocycles. The van der Waals surface area contributed by atoms with E-state index in [4.69, 9.17) is 5.84 Å². The molecule has 1 unspecified atom stereocenters. The van der Waals surface area contributed by atoms with Gasteiger partial charge in [-0.1, -0.05) is 0 Å². The molecule has 0 saturated carbocycles. The highest BCUT2D eigenvalue weighted by Gasteiger charge is 2.12. The maximum Gasteiger partial charge on any atom is 0.272 e. The summed E-state index contributed by atoms with van der Waals surface area (Å²) < 4.78 is 0. The summed E-state index contributed by atoms with van der Waals surface area (Å²) in [6.07, 6.45) is 0.797. The van der Waals surface area contributed by atoms with E-state index in [0.717, 1.165) is 6.42 Å². The summed E-state index contributed by atoms with van der Waals surface area (Å²) in [7, 11) is 0. The minimum atomic E-state index is -0.237. The Morgan fingerprint density at radius 2 is 2.26 bits per heavy atom. The van der Waals surface area contributed by atoms with Crippen LogP contribution in [0.5, 0.6) is 0 Å². The van der Waals surface area contributed by atoms with Crippen LogP contribution in [0.2, 0.25) is 0 Å². The molecule has 1 amide bonds. The number of thiophene rings is 1. The standard InChI is InChI=1S/C12H15N5OS/c1-8(6-9-4-5-19-7-9)14-12(18)10-2-3-11(15-13)17-16-10/h2-5,7-8H,6,13H2,1H3,(H,14,18)(H,15,17). The van der Waals surface area contributed by atoms with E-state index < -0.39 is 0 Å². The van der Waals surface area contributed by atoms with Gasteiger partial charge in [-0.3, -0.25) is 4.79 Å². The van der Waals surface area contributed by atoms with E-state index in [1.165, 1.54) is 5.56 Å². The number of hydrazine groups is 1. The zero-order chi connectivity index (χ0) is 13.7. The first-order chi connectivity index (χ1) is 9.19. The Labute approximate surface area is 115 Å². The van der Waals surface area contributed by atoms with E-state index in [9.17, 15) is 4.79 Å². The number of aromatic nitrogens is 2. The van der Waals surface area contributed by atoms with E-state index in [0.29, 0.717) is 5.82 Å². The Kier molecular flexibility index (Phi) is 4.43. The fourth-order valence-electron chi connectivity index (χ4n) is 1.64. The molecule has 0 spiro atoms. The molecule has 100 valence electrons. The molecule has 0 radical (unpaired) electrons. The van der Waals surface area contributed by atoms with E-state index in [2.05, 4.69) is 32.4 Å². The highest BCUT2D eigenvalue weighted by molar-refractivity contribution is 7.07. The molecule has 2 aromatic heterocycles. The third-order valence-corrected chi connectivity index (χ3v) is 3.28. The third kappa shape index (κ3) is 3.73. The summed E-state index contributed by atoms with van der Waals surface area (Å²) in [5, 5.41) is 14.5. The Balaban J connectivity index is 1.92. The molecule has 0 saturated heterocycles. The van der Waals surface area contributed by atoms with Gasteiger partial charge in [0.15, 0.2) is 11.5 Å². The van der Waals surface area contributed by atoms with Crippen molar-refractivity contribution in [1.29, 1.82) is 0 Å². The molecular formula is C12H15N5OS. The largest absolute Gasteiger partial charge is 0.348 e. The second-order valence-electron chi connectivity index (χ2n) is 4.16. The average Bonchev–Trinajstić information content (AvgIpc) is 2.91. The summed E-state index contributed by atoms with van der Waals surface area (Å²) in [6.45, 7) is 1.96. The number of nitrogens with zero attached hydrogens (tertiary/aromatic N) is 2. The van der Waals surface area contributed by atoms with Crippen LogP contribution < -0.4 is 16.6 Å². The third-order valence-electron chi connectivity index (χ3n) is 2.54. The van der Waals surface area contributed by atoms with Gasteiger partial charge in [0.2, 0.25) is 0 Å². The first-order valence-corrected chi connectivity index (χ1v) is 6.75. The number of hydrogen-bond donors (Lipinski definition) is 3. The lowest BCUT2D eigenvalue weighted by molar-refractivity contribution is 0.0934. The molecule has 2 rings (SSSR count). The van der Waals surface area contributed by atoms with Crippen molar-refractivity contribution >= 4 is 23.1 Å². The molecule has 0 fully saturated rings.